The van der Waals surface area contributed by atoms with Crippen LogP contribution in [-0.2, 0) is 17.9 Å². The summed E-state index contributed by atoms with van der Waals surface area (Å²) >= 11 is 0. The number of rotatable bonds is 8. The molecule has 162 valence electrons. The first-order valence-corrected chi connectivity index (χ1v) is 10.2. The van der Waals surface area contributed by atoms with Gasteiger partial charge in [-0.15, -0.1) is 0 Å². The van der Waals surface area contributed by atoms with E-state index in [4.69, 9.17) is 9.15 Å². The van der Waals surface area contributed by atoms with Crippen LogP contribution in [0, 0.1) is 12.7 Å². The fraction of sp³-hybridized carbons (Fsp3) is 0.348. The maximum absolute atomic E-state index is 13.8. The third kappa shape index (κ3) is 5.08. The highest BCUT2D eigenvalue weighted by atomic mass is 19.1. The molecule has 8 heteroatoms. The van der Waals surface area contributed by atoms with E-state index >= 15 is 0 Å². The van der Waals surface area contributed by atoms with Gasteiger partial charge in [-0.1, -0.05) is 0 Å². The number of aromatic nitrogens is 2. The Hall–Kier alpha value is -3.26. The van der Waals surface area contributed by atoms with Crippen molar-refractivity contribution in [3.63, 3.8) is 0 Å². The molecule has 3 heterocycles. The molecular formula is C23H25FN4O3. The van der Waals surface area contributed by atoms with Gasteiger partial charge in [0, 0.05) is 50.1 Å². The Kier molecular flexibility index (Phi) is 6.27. The van der Waals surface area contributed by atoms with Gasteiger partial charge in [0.05, 0.1) is 12.8 Å². The van der Waals surface area contributed by atoms with Crippen molar-refractivity contribution in [1.82, 2.24) is 20.2 Å². The molecule has 1 amide bonds. The number of methoxy groups -OCH3 is 1. The molecule has 0 spiro atoms. The third-order valence-corrected chi connectivity index (χ3v) is 5.38. The van der Waals surface area contributed by atoms with Crippen LogP contribution < -0.4 is 10.1 Å². The van der Waals surface area contributed by atoms with Gasteiger partial charge in [-0.25, -0.2) is 9.37 Å². The van der Waals surface area contributed by atoms with Gasteiger partial charge in [-0.2, -0.15) is 0 Å². The molecule has 0 saturated carbocycles. The summed E-state index contributed by atoms with van der Waals surface area (Å²) in [7, 11) is 1.42. The highest BCUT2D eigenvalue weighted by Crippen LogP contribution is 2.28. The molecule has 1 saturated heterocycles. The van der Waals surface area contributed by atoms with Crippen LogP contribution in [0.5, 0.6) is 5.75 Å². The van der Waals surface area contributed by atoms with Crippen molar-refractivity contribution in [1.29, 1.82) is 0 Å². The Morgan fingerprint density at radius 2 is 2.06 bits per heavy atom. The molecular weight excluding hydrogens is 399 g/mol. The first-order chi connectivity index (χ1) is 15.0. The monoisotopic (exact) mass is 424 g/mol. The molecule has 1 aromatic carbocycles. The highest BCUT2D eigenvalue weighted by Gasteiger charge is 2.24. The van der Waals surface area contributed by atoms with Crippen LogP contribution in [0.25, 0.3) is 11.5 Å². The lowest BCUT2D eigenvalue weighted by Gasteiger charge is -2.25. The number of nitrogens with one attached hydrogen (secondary N) is 1. The van der Waals surface area contributed by atoms with E-state index in [2.05, 4.69) is 20.2 Å². The maximum Gasteiger partial charge on any atom is 0.226 e. The number of benzene rings is 1. The van der Waals surface area contributed by atoms with Crippen LogP contribution >= 0.6 is 0 Å². The number of hydrogen-bond acceptors (Lipinski definition) is 6. The van der Waals surface area contributed by atoms with Crippen molar-refractivity contribution in [2.75, 3.05) is 13.7 Å². The number of carbonyl (C=O) groups excluding carboxylic acids is 1. The fourth-order valence-electron chi connectivity index (χ4n) is 3.76. The predicted molar refractivity (Wildman–Crippen MR) is 113 cm³/mol. The summed E-state index contributed by atoms with van der Waals surface area (Å²) in [4.78, 5) is 22.6. The van der Waals surface area contributed by atoms with E-state index < -0.39 is 5.82 Å². The standard InChI is InChI=1S/C23H25FN4O3/c1-15-20(27-23(31-15)17-3-5-19(24)21(11-17)30-2)14-28(12-16-7-9-25-10-8-16)13-18-4-6-22(29)26-18/h3,5,7-11,18H,4,6,12-14H2,1-2H3,(H,26,29)/t18-/m0/s1. The zero-order valence-corrected chi connectivity index (χ0v) is 17.6. The van der Waals surface area contributed by atoms with E-state index in [0.29, 0.717) is 43.3 Å². The number of aryl methyl sites for hydroxylation is 1. The zero-order valence-electron chi connectivity index (χ0n) is 17.6. The van der Waals surface area contributed by atoms with Crippen LogP contribution in [-0.4, -0.2) is 40.5 Å². The second kappa shape index (κ2) is 9.26. The lowest BCUT2D eigenvalue weighted by molar-refractivity contribution is -0.119. The molecule has 7 nitrogen and oxygen atoms in total. The molecule has 31 heavy (non-hydrogen) atoms. The van der Waals surface area contributed by atoms with Crippen molar-refractivity contribution >= 4 is 5.91 Å². The smallest absolute Gasteiger partial charge is 0.226 e. The van der Waals surface area contributed by atoms with Crippen LogP contribution in [0.15, 0.2) is 47.1 Å². The zero-order chi connectivity index (χ0) is 21.8. The molecule has 1 atom stereocenters. The molecule has 1 aliphatic rings. The van der Waals surface area contributed by atoms with E-state index in [0.717, 1.165) is 17.7 Å². The van der Waals surface area contributed by atoms with Gasteiger partial charge >= 0.3 is 0 Å². The number of nitrogens with zero attached hydrogens (tertiary/aromatic N) is 3. The molecule has 3 aromatic rings. The van der Waals surface area contributed by atoms with Gasteiger partial charge in [0.15, 0.2) is 11.6 Å². The fourth-order valence-corrected chi connectivity index (χ4v) is 3.76. The minimum absolute atomic E-state index is 0.0963. The van der Waals surface area contributed by atoms with Gasteiger partial charge < -0.3 is 14.5 Å². The molecule has 0 bridgehead atoms. The van der Waals surface area contributed by atoms with Gasteiger partial charge in [0.2, 0.25) is 11.8 Å². The molecule has 1 N–H and O–H groups in total. The van der Waals surface area contributed by atoms with Crippen molar-refractivity contribution in [3.05, 3.63) is 65.6 Å². The van der Waals surface area contributed by atoms with Crippen molar-refractivity contribution in [3.8, 4) is 17.2 Å². The lowest BCUT2D eigenvalue weighted by Crippen LogP contribution is -2.38. The van der Waals surface area contributed by atoms with Crippen LogP contribution in [0.1, 0.15) is 29.9 Å². The molecule has 2 aromatic heterocycles. The predicted octanol–water partition coefficient (Wildman–Crippen LogP) is 3.47. The Morgan fingerprint density at radius 1 is 1.26 bits per heavy atom. The molecule has 1 fully saturated rings. The number of amides is 1. The minimum Gasteiger partial charge on any atom is -0.494 e. The normalized spacial score (nSPS) is 16.0. The average molecular weight is 424 g/mol. The van der Waals surface area contributed by atoms with Crippen LogP contribution in [0.4, 0.5) is 4.39 Å². The van der Waals surface area contributed by atoms with Crippen molar-refractivity contribution in [2.24, 2.45) is 0 Å². The SMILES string of the molecule is COc1cc(-c2nc(CN(Cc3ccncc3)C[C@@H]3CCC(=O)N3)c(C)o2)ccc1F. The number of oxazole rings is 1. The largest absolute Gasteiger partial charge is 0.494 e. The first-order valence-electron chi connectivity index (χ1n) is 10.2. The number of pyridine rings is 1. The number of ether oxygens (including phenoxy) is 1. The van der Waals surface area contributed by atoms with Gasteiger partial charge in [-0.05, 0) is 49.2 Å². The Morgan fingerprint density at radius 3 is 2.77 bits per heavy atom. The van der Waals surface area contributed by atoms with Gasteiger partial charge in [0.25, 0.3) is 0 Å². The van der Waals surface area contributed by atoms with Crippen LogP contribution in [0.3, 0.4) is 0 Å². The van der Waals surface area contributed by atoms with Gasteiger partial charge in [0.1, 0.15) is 5.76 Å². The molecule has 0 radical (unpaired) electrons. The van der Waals surface area contributed by atoms with E-state index in [1.807, 2.05) is 19.1 Å². The van der Waals surface area contributed by atoms with E-state index in [9.17, 15) is 9.18 Å². The van der Waals surface area contributed by atoms with E-state index in [-0.39, 0.29) is 17.7 Å². The molecule has 4 rings (SSSR count). The summed E-state index contributed by atoms with van der Waals surface area (Å²) in [5.74, 6) is 0.930. The number of carbonyl (C=O) groups is 1. The third-order valence-electron chi connectivity index (χ3n) is 5.38. The number of halogens is 1. The second-order valence-electron chi connectivity index (χ2n) is 7.70. The van der Waals surface area contributed by atoms with E-state index in [1.165, 1.54) is 13.2 Å². The minimum atomic E-state index is -0.433. The Bertz CT molecular complexity index is 1050. The average Bonchev–Trinajstić information content (AvgIpc) is 3.34. The second-order valence-corrected chi connectivity index (χ2v) is 7.70. The van der Waals surface area contributed by atoms with Crippen molar-refractivity contribution in [2.45, 2.75) is 38.9 Å². The summed E-state index contributed by atoms with van der Waals surface area (Å²) in [6.45, 7) is 3.83. The van der Waals surface area contributed by atoms with E-state index in [1.54, 1.807) is 24.5 Å². The van der Waals surface area contributed by atoms with Crippen molar-refractivity contribution < 1.29 is 18.3 Å². The Balaban J connectivity index is 1.55. The highest BCUT2D eigenvalue weighted by molar-refractivity contribution is 5.78. The topological polar surface area (TPSA) is 80.5 Å². The Labute approximate surface area is 180 Å². The quantitative estimate of drug-likeness (QED) is 0.596. The summed E-state index contributed by atoms with van der Waals surface area (Å²) in [6, 6.07) is 8.61. The van der Waals surface area contributed by atoms with Crippen LogP contribution in [0.2, 0.25) is 0 Å². The maximum atomic E-state index is 13.8. The summed E-state index contributed by atoms with van der Waals surface area (Å²) < 4.78 is 24.7. The first kappa shape index (κ1) is 21.0. The molecule has 0 unspecified atom stereocenters. The number of hydrogen-bond donors (Lipinski definition) is 1. The molecule has 1 aliphatic heterocycles. The summed E-state index contributed by atoms with van der Waals surface area (Å²) in [5.41, 5.74) is 2.58. The lowest BCUT2D eigenvalue weighted by atomic mass is 10.1. The summed E-state index contributed by atoms with van der Waals surface area (Å²) in [5, 5.41) is 3.03. The summed E-state index contributed by atoms with van der Waals surface area (Å²) in [6.07, 6.45) is 4.93. The molecule has 0 aliphatic carbocycles. The van der Waals surface area contributed by atoms with Gasteiger partial charge in [-0.3, -0.25) is 14.7 Å².